The number of hydrogen-bond acceptors (Lipinski definition) is 6. The number of oxime groups is 1. The molecule has 0 aliphatic heterocycles. The molecule has 0 spiro atoms. The number of nitrogens with zero attached hydrogens (tertiary/aromatic N) is 1. The molecule has 0 aromatic heterocycles. The third-order valence-electron chi connectivity index (χ3n) is 3.41. The first-order chi connectivity index (χ1) is 13.2. The molecule has 156 valence electrons. The van der Waals surface area contributed by atoms with Gasteiger partial charge < -0.3 is 19.6 Å². The number of carbonyl (C=O) groups excluding carboxylic acids is 2. The molecule has 1 rings (SSSR count). The molecule has 0 saturated heterocycles. The van der Waals surface area contributed by atoms with Gasteiger partial charge in [0.2, 0.25) is 0 Å². The van der Waals surface area contributed by atoms with Gasteiger partial charge in [0.25, 0.3) is 0 Å². The second kappa shape index (κ2) is 12.2. The van der Waals surface area contributed by atoms with E-state index in [4.69, 9.17) is 25.9 Å². The highest BCUT2D eigenvalue weighted by Gasteiger charge is 2.25. The van der Waals surface area contributed by atoms with Gasteiger partial charge in [-0.05, 0) is 46.1 Å². The van der Waals surface area contributed by atoms with Crippen LogP contribution in [0.4, 0.5) is 4.79 Å². The Hall–Kier alpha value is -2.28. The van der Waals surface area contributed by atoms with E-state index in [1.54, 1.807) is 27.7 Å². The molecular weight excluding hydrogens is 384 g/mol. The molecule has 0 bridgehead atoms. The number of alkyl carbamates (subject to hydrolysis) is 1. The summed E-state index contributed by atoms with van der Waals surface area (Å²) in [6.07, 6.45) is -0.0640. The third kappa shape index (κ3) is 10.2. The number of amides is 1. The summed E-state index contributed by atoms with van der Waals surface area (Å²) in [5.41, 5.74) is 0.881. The first-order valence-corrected chi connectivity index (χ1v) is 9.72. The molecule has 0 aliphatic carbocycles. The van der Waals surface area contributed by atoms with Gasteiger partial charge in [0.15, 0.2) is 0 Å². The van der Waals surface area contributed by atoms with Crippen LogP contribution in [-0.2, 0) is 25.7 Å². The van der Waals surface area contributed by atoms with Crippen LogP contribution in [0.15, 0.2) is 35.5 Å². The van der Waals surface area contributed by atoms with Gasteiger partial charge in [-0.15, -0.1) is 11.6 Å². The fourth-order valence-corrected chi connectivity index (χ4v) is 2.34. The fraction of sp³-hybridized carbons (Fsp3) is 0.550. The highest BCUT2D eigenvalue weighted by molar-refractivity contribution is 6.28. The van der Waals surface area contributed by atoms with E-state index in [1.807, 2.05) is 30.3 Å². The standard InChI is InChI=1S/C20H29ClN2O5/c1-5-26-18(24)17(22-19(25)28-20(2,3)4)12-11-16(13-21)23-27-14-15-9-7-6-8-10-15/h6-10,17H,5,11-14H2,1-4H3,(H,22,25)/t17-/m0/s1. The third-order valence-corrected chi connectivity index (χ3v) is 3.71. The molecule has 7 nitrogen and oxygen atoms in total. The molecule has 0 fully saturated rings. The second-order valence-electron chi connectivity index (χ2n) is 7.04. The summed E-state index contributed by atoms with van der Waals surface area (Å²) in [7, 11) is 0. The number of benzene rings is 1. The zero-order valence-corrected chi connectivity index (χ0v) is 17.6. The Morgan fingerprint density at radius 3 is 2.46 bits per heavy atom. The van der Waals surface area contributed by atoms with Gasteiger partial charge in [0.1, 0.15) is 18.2 Å². The second-order valence-corrected chi connectivity index (χ2v) is 7.31. The lowest BCUT2D eigenvalue weighted by Gasteiger charge is -2.22. The number of carbonyl (C=O) groups is 2. The van der Waals surface area contributed by atoms with Crippen LogP contribution in [0.1, 0.15) is 46.1 Å². The van der Waals surface area contributed by atoms with Crippen molar-refractivity contribution in [1.82, 2.24) is 5.32 Å². The van der Waals surface area contributed by atoms with Gasteiger partial charge in [-0.2, -0.15) is 0 Å². The zero-order chi connectivity index (χ0) is 21.0. The van der Waals surface area contributed by atoms with Crippen molar-refractivity contribution in [3.63, 3.8) is 0 Å². The maximum absolute atomic E-state index is 12.1. The number of esters is 1. The van der Waals surface area contributed by atoms with Gasteiger partial charge >= 0.3 is 12.1 Å². The van der Waals surface area contributed by atoms with Crippen LogP contribution in [0.3, 0.4) is 0 Å². The fourth-order valence-electron chi connectivity index (χ4n) is 2.16. The van der Waals surface area contributed by atoms with Crippen LogP contribution >= 0.6 is 11.6 Å². The van der Waals surface area contributed by atoms with Crippen molar-refractivity contribution in [3.8, 4) is 0 Å². The van der Waals surface area contributed by atoms with Crippen LogP contribution in [0, 0.1) is 0 Å². The predicted molar refractivity (Wildman–Crippen MR) is 108 cm³/mol. The normalized spacial score (nSPS) is 12.8. The van der Waals surface area contributed by atoms with Crippen molar-refractivity contribution < 1.29 is 23.9 Å². The molecule has 28 heavy (non-hydrogen) atoms. The van der Waals surface area contributed by atoms with Gasteiger partial charge in [0.05, 0.1) is 18.2 Å². The molecule has 1 aromatic carbocycles. The SMILES string of the molecule is CCOC(=O)[C@H](CCC(CCl)=NOCc1ccccc1)NC(=O)OC(C)(C)C. The molecule has 0 aliphatic rings. The Labute approximate surface area is 171 Å². The molecule has 1 atom stereocenters. The highest BCUT2D eigenvalue weighted by Crippen LogP contribution is 2.10. The minimum atomic E-state index is -0.864. The Bertz CT molecular complexity index is 644. The van der Waals surface area contributed by atoms with Crippen LogP contribution in [0.5, 0.6) is 0 Å². The van der Waals surface area contributed by atoms with E-state index in [0.717, 1.165) is 5.56 Å². The van der Waals surface area contributed by atoms with E-state index in [-0.39, 0.29) is 18.9 Å². The minimum absolute atomic E-state index is 0.150. The monoisotopic (exact) mass is 412 g/mol. The molecule has 1 aromatic rings. The molecule has 0 saturated carbocycles. The highest BCUT2D eigenvalue weighted by atomic mass is 35.5. The number of ether oxygens (including phenoxy) is 2. The quantitative estimate of drug-likeness (QED) is 0.271. The summed E-state index contributed by atoms with van der Waals surface area (Å²) in [5, 5.41) is 6.59. The summed E-state index contributed by atoms with van der Waals surface area (Å²) >= 11 is 5.93. The average Bonchev–Trinajstić information content (AvgIpc) is 2.62. The molecule has 0 unspecified atom stereocenters. The molecule has 1 N–H and O–H groups in total. The summed E-state index contributed by atoms with van der Waals surface area (Å²) in [6.45, 7) is 7.46. The lowest BCUT2D eigenvalue weighted by atomic mass is 10.1. The van der Waals surface area contributed by atoms with Crippen molar-refractivity contribution in [2.45, 2.75) is 58.8 Å². The summed E-state index contributed by atoms with van der Waals surface area (Å²) < 4.78 is 10.2. The zero-order valence-electron chi connectivity index (χ0n) is 16.9. The van der Waals surface area contributed by atoms with Crippen molar-refractivity contribution in [1.29, 1.82) is 0 Å². The number of alkyl halides is 1. The maximum Gasteiger partial charge on any atom is 0.408 e. The lowest BCUT2D eigenvalue weighted by molar-refractivity contribution is -0.145. The lowest BCUT2D eigenvalue weighted by Crippen LogP contribution is -2.44. The van der Waals surface area contributed by atoms with Crippen molar-refractivity contribution >= 4 is 29.4 Å². The van der Waals surface area contributed by atoms with Crippen molar-refractivity contribution in [2.75, 3.05) is 12.5 Å². The van der Waals surface area contributed by atoms with Crippen molar-refractivity contribution in [2.24, 2.45) is 5.16 Å². The van der Waals surface area contributed by atoms with Gasteiger partial charge in [-0.1, -0.05) is 35.5 Å². The summed E-state index contributed by atoms with van der Waals surface area (Å²) in [4.78, 5) is 29.5. The van der Waals surface area contributed by atoms with E-state index < -0.39 is 23.7 Å². The van der Waals surface area contributed by atoms with E-state index in [0.29, 0.717) is 18.7 Å². The van der Waals surface area contributed by atoms with Crippen molar-refractivity contribution in [3.05, 3.63) is 35.9 Å². The number of halogens is 1. The smallest absolute Gasteiger partial charge is 0.408 e. The van der Waals surface area contributed by atoms with Crippen LogP contribution in [0.25, 0.3) is 0 Å². The predicted octanol–water partition coefficient (Wildman–Crippen LogP) is 4.03. The Morgan fingerprint density at radius 2 is 1.89 bits per heavy atom. The molecule has 1 amide bonds. The summed E-state index contributed by atoms with van der Waals surface area (Å²) in [5.74, 6) is -0.385. The van der Waals surface area contributed by atoms with E-state index in [9.17, 15) is 9.59 Å². The molecular formula is C20H29ClN2O5. The molecule has 8 heteroatoms. The molecule has 0 heterocycles. The van der Waals surface area contributed by atoms with Gasteiger partial charge in [-0.3, -0.25) is 0 Å². The largest absolute Gasteiger partial charge is 0.464 e. The minimum Gasteiger partial charge on any atom is -0.464 e. The first-order valence-electron chi connectivity index (χ1n) is 9.19. The van der Waals surface area contributed by atoms with Gasteiger partial charge in [-0.25, -0.2) is 9.59 Å². The summed E-state index contributed by atoms with van der Waals surface area (Å²) in [6, 6.07) is 8.74. The van der Waals surface area contributed by atoms with Crippen LogP contribution in [-0.4, -0.2) is 41.9 Å². The van der Waals surface area contributed by atoms with E-state index in [2.05, 4.69) is 10.5 Å². The average molecular weight is 413 g/mol. The number of hydrogen-bond donors (Lipinski definition) is 1. The van der Waals surface area contributed by atoms with E-state index >= 15 is 0 Å². The van der Waals surface area contributed by atoms with Gasteiger partial charge in [0, 0.05) is 0 Å². The van der Waals surface area contributed by atoms with Crippen LogP contribution < -0.4 is 5.32 Å². The Morgan fingerprint density at radius 1 is 1.21 bits per heavy atom. The number of rotatable bonds is 10. The molecule has 0 radical (unpaired) electrons. The Balaban J connectivity index is 2.63. The van der Waals surface area contributed by atoms with Crippen LogP contribution in [0.2, 0.25) is 0 Å². The Kier molecular flexibility index (Phi) is 10.4. The first kappa shape index (κ1) is 23.8. The number of nitrogens with one attached hydrogen (secondary N) is 1. The maximum atomic E-state index is 12.1. The topological polar surface area (TPSA) is 86.2 Å². The van der Waals surface area contributed by atoms with E-state index in [1.165, 1.54) is 0 Å².